The van der Waals surface area contributed by atoms with E-state index >= 15 is 0 Å². The Morgan fingerprint density at radius 3 is 2.20 bits per heavy atom. The second-order valence-corrected chi connectivity index (χ2v) is 9.51. The van der Waals surface area contributed by atoms with E-state index in [2.05, 4.69) is 49.0 Å². The van der Waals surface area contributed by atoms with Gasteiger partial charge in [0.05, 0.1) is 0 Å². The van der Waals surface area contributed by atoms with Crippen LogP contribution in [0, 0.1) is 13.8 Å². The molecule has 4 aromatic rings. The van der Waals surface area contributed by atoms with Gasteiger partial charge in [0.25, 0.3) is 5.69 Å². The molecular weight excluding hydrogens is 408 g/mol. The minimum Gasteiger partial charge on any atom is -0.392 e. The summed E-state index contributed by atoms with van der Waals surface area (Å²) in [5.74, 6) is 0.786. The Hall–Kier alpha value is -2.89. The topological polar surface area (TPSA) is 47.0 Å². The zero-order chi connectivity index (χ0) is 21.1. The van der Waals surface area contributed by atoms with E-state index in [4.69, 9.17) is 5.73 Å². The number of aromatic nitrogens is 1. The van der Waals surface area contributed by atoms with E-state index in [0.717, 1.165) is 26.8 Å². The predicted octanol–water partition coefficient (Wildman–Crippen LogP) is 5.75. The van der Waals surface area contributed by atoms with Crippen LogP contribution in [0.1, 0.15) is 31.9 Å². The highest BCUT2D eigenvalue weighted by Gasteiger charge is 2.28. The first-order chi connectivity index (χ1) is 14.5. The number of anilines is 1. The maximum Gasteiger partial charge on any atom is 0.259 e. The molecule has 0 saturated heterocycles. The van der Waals surface area contributed by atoms with Crippen molar-refractivity contribution in [1.29, 1.82) is 0 Å². The lowest BCUT2D eigenvalue weighted by Crippen LogP contribution is -2.32. The third-order valence-electron chi connectivity index (χ3n) is 4.74. The van der Waals surface area contributed by atoms with Gasteiger partial charge in [-0.05, 0) is 25.5 Å². The summed E-state index contributed by atoms with van der Waals surface area (Å²) >= 11 is 3.20. The Bertz CT molecular complexity index is 1160. The average Bonchev–Trinajstić information content (AvgIpc) is 3.08. The van der Waals surface area contributed by atoms with Gasteiger partial charge in [-0.15, -0.1) is 23.1 Å². The fourth-order valence-corrected chi connectivity index (χ4v) is 5.83. The minimum atomic E-state index is -0.0316. The van der Waals surface area contributed by atoms with E-state index in [1.807, 2.05) is 48.5 Å². The van der Waals surface area contributed by atoms with Crippen molar-refractivity contribution >= 4 is 34.6 Å². The molecule has 0 amide bonds. The summed E-state index contributed by atoms with van der Waals surface area (Å²) in [7, 11) is 0. The molecule has 0 radical (unpaired) electrons. The zero-order valence-electron chi connectivity index (χ0n) is 17.0. The molecular formula is C25H23N2OS2+. The molecule has 0 aliphatic rings. The molecule has 2 heterocycles. The summed E-state index contributed by atoms with van der Waals surface area (Å²) in [5, 5.41) is 0. The molecule has 0 saturated carbocycles. The second-order valence-electron chi connectivity index (χ2n) is 7.25. The van der Waals surface area contributed by atoms with Crippen LogP contribution in [0.25, 0.3) is 5.69 Å². The molecule has 4 rings (SSSR count). The van der Waals surface area contributed by atoms with Crippen LogP contribution >= 0.6 is 23.1 Å². The largest absolute Gasteiger partial charge is 0.392 e. The van der Waals surface area contributed by atoms with Gasteiger partial charge in [-0.1, -0.05) is 60.7 Å². The van der Waals surface area contributed by atoms with Crippen molar-refractivity contribution in [3.8, 4) is 5.69 Å². The molecule has 0 unspecified atom stereocenters. The van der Waals surface area contributed by atoms with Gasteiger partial charge < -0.3 is 5.73 Å². The van der Waals surface area contributed by atoms with Gasteiger partial charge in [-0.2, -0.15) is 4.57 Å². The molecule has 0 bridgehead atoms. The molecule has 3 nitrogen and oxygen atoms in total. The molecule has 0 fully saturated rings. The normalized spacial score (nSPS) is 10.9. The van der Waals surface area contributed by atoms with Gasteiger partial charge in [-0.3, -0.25) is 4.79 Å². The summed E-state index contributed by atoms with van der Waals surface area (Å²) in [5.41, 5.74) is 12.2. The molecule has 2 aromatic carbocycles. The van der Waals surface area contributed by atoms with Gasteiger partial charge in [0.15, 0.2) is 12.4 Å². The van der Waals surface area contributed by atoms with Crippen LogP contribution in [0.4, 0.5) is 5.69 Å². The smallest absolute Gasteiger partial charge is 0.259 e. The number of carbonyl (C=O) groups excluding carboxylic acids is 1. The maximum absolute atomic E-state index is 13.2. The first-order valence-electron chi connectivity index (χ1n) is 9.71. The number of ketones is 1. The molecule has 0 aliphatic heterocycles. The number of hydrogen-bond donors (Lipinski definition) is 1. The number of pyridine rings is 1. The molecule has 2 N–H and O–H groups in total. The summed E-state index contributed by atoms with van der Waals surface area (Å²) in [6.45, 7) is 4.14. The third kappa shape index (κ3) is 4.32. The fraction of sp³-hybridized carbons (Fsp3) is 0.120. The van der Waals surface area contributed by atoms with Gasteiger partial charge in [-0.25, -0.2) is 0 Å². The number of hydrogen-bond acceptors (Lipinski definition) is 4. The maximum atomic E-state index is 13.2. The van der Waals surface area contributed by atoms with Crippen molar-refractivity contribution in [3.05, 3.63) is 106 Å². The lowest BCUT2D eigenvalue weighted by atomic mass is 10.1. The van der Waals surface area contributed by atoms with Crippen molar-refractivity contribution in [1.82, 2.24) is 0 Å². The van der Waals surface area contributed by atoms with Crippen molar-refractivity contribution in [3.63, 3.8) is 0 Å². The molecule has 150 valence electrons. The highest BCUT2D eigenvalue weighted by molar-refractivity contribution is 8.00. The number of rotatable bonds is 6. The van der Waals surface area contributed by atoms with Crippen LogP contribution in [-0.2, 0) is 5.75 Å². The molecule has 0 aliphatic carbocycles. The Labute approximate surface area is 185 Å². The number of aryl methyl sites for hydroxylation is 2. The highest BCUT2D eigenvalue weighted by atomic mass is 32.2. The van der Waals surface area contributed by atoms with Crippen LogP contribution in [-0.4, -0.2) is 5.78 Å². The second kappa shape index (κ2) is 8.86. The number of nitrogens with zero attached hydrogens (tertiary/aromatic N) is 1. The number of carbonyl (C=O) groups is 1. The first kappa shape index (κ1) is 20.4. The number of nitrogen functional groups attached to an aromatic ring is 1. The first-order valence-corrected chi connectivity index (χ1v) is 11.5. The quantitative estimate of drug-likeness (QED) is 0.240. The number of benzene rings is 2. The minimum absolute atomic E-state index is 0.0316. The van der Waals surface area contributed by atoms with Crippen molar-refractivity contribution in [2.45, 2.75) is 23.8 Å². The fourth-order valence-electron chi connectivity index (χ4n) is 3.41. The SMILES string of the molecule is Cc1cc(C)c[n+](-c2c(SCc3ccccc3)sc(C(=O)c3ccccc3)c2N)c1. The number of thioether (sulfide) groups is 1. The third-order valence-corrected chi connectivity index (χ3v) is 7.27. The van der Waals surface area contributed by atoms with Crippen LogP contribution in [0.2, 0.25) is 0 Å². The van der Waals surface area contributed by atoms with Crippen LogP contribution in [0.5, 0.6) is 0 Å². The predicted molar refractivity (Wildman–Crippen MR) is 126 cm³/mol. The molecule has 0 spiro atoms. The number of thiophene rings is 1. The molecule has 30 heavy (non-hydrogen) atoms. The van der Waals surface area contributed by atoms with Crippen molar-refractivity contribution < 1.29 is 9.36 Å². The lowest BCUT2D eigenvalue weighted by Gasteiger charge is -2.03. The summed E-state index contributed by atoms with van der Waals surface area (Å²) in [6, 6.07) is 21.8. The van der Waals surface area contributed by atoms with Crippen molar-refractivity contribution in [2.75, 3.05) is 5.73 Å². The van der Waals surface area contributed by atoms with E-state index in [9.17, 15) is 4.79 Å². The lowest BCUT2D eigenvalue weighted by molar-refractivity contribution is -0.597. The van der Waals surface area contributed by atoms with Crippen molar-refractivity contribution in [2.24, 2.45) is 0 Å². The Morgan fingerprint density at radius 2 is 1.57 bits per heavy atom. The summed E-state index contributed by atoms with van der Waals surface area (Å²) in [4.78, 5) is 13.8. The van der Waals surface area contributed by atoms with E-state index < -0.39 is 0 Å². The van der Waals surface area contributed by atoms with Crippen LogP contribution in [0.3, 0.4) is 0 Å². The average molecular weight is 432 g/mol. The van der Waals surface area contributed by atoms with E-state index in [0.29, 0.717) is 16.1 Å². The highest BCUT2D eigenvalue weighted by Crippen LogP contribution is 2.40. The van der Waals surface area contributed by atoms with Gasteiger partial charge in [0.1, 0.15) is 14.8 Å². The Morgan fingerprint density at radius 1 is 0.967 bits per heavy atom. The van der Waals surface area contributed by atoms with E-state index in [1.165, 1.54) is 16.9 Å². The van der Waals surface area contributed by atoms with Crippen LogP contribution < -0.4 is 10.3 Å². The molecule has 0 atom stereocenters. The number of nitrogens with two attached hydrogens (primary N) is 1. The monoisotopic (exact) mass is 431 g/mol. The standard InChI is InChI=1S/C25H22N2OS2/c1-17-13-18(2)15-27(14-17)22-21(26)24(23(28)20-11-7-4-8-12-20)30-25(22)29-16-19-9-5-3-6-10-19/h3-15H,16H2,1-2H3,(H-,26,28)/p+1. The van der Waals surface area contributed by atoms with Crippen LogP contribution in [0.15, 0.2) is 83.3 Å². The van der Waals surface area contributed by atoms with Gasteiger partial charge in [0.2, 0.25) is 5.78 Å². The summed E-state index contributed by atoms with van der Waals surface area (Å²) < 4.78 is 3.11. The summed E-state index contributed by atoms with van der Waals surface area (Å²) in [6.07, 6.45) is 4.13. The zero-order valence-corrected chi connectivity index (χ0v) is 18.6. The Balaban J connectivity index is 1.79. The molecule has 5 heteroatoms. The Kier molecular flexibility index (Phi) is 6.02. The van der Waals surface area contributed by atoms with Gasteiger partial charge in [0, 0.05) is 22.4 Å². The molecule has 2 aromatic heterocycles. The van der Waals surface area contributed by atoms with E-state index in [-0.39, 0.29) is 5.78 Å². The van der Waals surface area contributed by atoms with Gasteiger partial charge >= 0.3 is 0 Å². The van der Waals surface area contributed by atoms with E-state index in [1.54, 1.807) is 11.8 Å².